The molecule has 1 saturated heterocycles. The first-order valence-corrected chi connectivity index (χ1v) is 10.6. The Labute approximate surface area is 177 Å². The first-order chi connectivity index (χ1) is 13.5. The van der Waals surface area contributed by atoms with Crippen LogP contribution in [0.25, 0.3) is 0 Å². The maximum atomic E-state index is 12.8. The van der Waals surface area contributed by atoms with Crippen LogP contribution in [0.5, 0.6) is 0 Å². The maximum absolute atomic E-state index is 12.8. The lowest BCUT2D eigenvalue weighted by Crippen LogP contribution is -2.42. The second-order valence-corrected chi connectivity index (χ2v) is 8.80. The summed E-state index contributed by atoms with van der Waals surface area (Å²) < 4.78 is 1.05. The summed E-state index contributed by atoms with van der Waals surface area (Å²) in [5.74, 6) is 1.01. The largest absolute Gasteiger partial charge is 0.342 e. The van der Waals surface area contributed by atoms with Crippen LogP contribution in [0.2, 0.25) is 5.02 Å². The number of piperidine rings is 1. The van der Waals surface area contributed by atoms with Gasteiger partial charge in [-0.25, -0.2) is 4.98 Å². The number of hydrogen-bond donors (Lipinski definition) is 1. The zero-order valence-corrected chi connectivity index (χ0v) is 17.6. The summed E-state index contributed by atoms with van der Waals surface area (Å²) in [5.41, 5.74) is 1.23. The van der Waals surface area contributed by atoms with Crippen LogP contribution >= 0.6 is 27.5 Å². The van der Waals surface area contributed by atoms with Gasteiger partial charge in [-0.15, -0.1) is 0 Å². The Morgan fingerprint density at radius 1 is 1.11 bits per heavy atom. The van der Waals surface area contributed by atoms with Crippen LogP contribution in [0.15, 0.2) is 47.1 Å². The van der Waals surface area contributed by atoms with Crippen molar-refractivity contribution in [3.8, 4) is 0 Å². The van der Waals surface area contributed by atoms with Gasteiger partial charge in [0, 0.05) is 35.6 Å². The molecule has 2 atom stereocenters. The number of carbonyl (C=O) groups is 2. The summed E-state index contributed by atoms with van der Waals surface area (Å²) in [6.07, 6.45) is 3.79. The van der Waals surface area contributed by atoms with E-state index in [1.165, 1.54) is 11.8 Å². The molecule has 1 aromatic heterocycles. The average Bonchev–Trinajstić information content (AvgIpc) is 3.51. The van der Waals surface area contributed by atoms with Crippen LogP contribution < -0.4 is 5.32 Å². The molecule has 0 bridgehead atoms. The van der Waals surface area contributed by atoms with E-state index < -0.39 is 0 Å². The molecule has 146 valence electrons. The number of benzene rings is 1. The van der Waals surface area contributed by atoms with Crippen molar-refractivity contribution >= 4 is 45.2 Å². The molecule has 0 radical (unpaired) electrons. The molecule has 1 aliphatic carbocycles. The van der Waals surface area contributed by atoms with Crippen molar-refractivity contribution in [1.29, 1.82) is 0 Å². The fraction of sp³-hybridized carbons (Fsp3) is 0.381. The molecule has 5 nitrogen and oxygen atoms in total. The van der Waals surface area contributed by atoms with Gasteiger partial charge in [0.15, 0.2) is 0 Å². The normalized spacial score (nSPS) is 22.0. The molecule has 2 unspecified atom stereocenters. The molecule has 0 spiro atoms. The van der Waals surface area contributed by atoms with Crippen molar-refractivity contribution in [3.63, 3.8) is 0 Å². The standard InChI is InChI=1S/C21H21BrClN3O2/c22-15-3-1-13(2-4-15)17-11-18(17)21(28)26-9-7-14(8-10-26)20(27)25-19-6-5-16(23)12-24-19/h1-6,12,14,17-18H,7-11H2,(H,24,25,27). The van der Waals surface area contributed by atoms with Crippen LogP contribution in [-0.2, 0) is 9.59 Å². The molecular formula is C21H21BrClN3O2. The fourth-order valence-electron chi connectivity index (χ4n) is 3.82. The molecule has 2 aliphatic rings. The summed E-state index contributed by atoms with van der Waals surface area (Å²) in [7, 11) is 0. The van der Waals surface area contributed by atoms with Crippen LogP contribution in [0, 0.1) is 11.8 Å². The predicted octanol–water partition coefficient (Wildman–Crippen LogP) is 4.48. The van der Waals surface area contributed by atoms with Gasteiger partial charge in [0.1, 0.15) is 5.82 Å². The molecule has 2 heterocycles. The molecule has 7 heteroatoms. The number of hydrogen-bond acceptors (Lipinski definition) is 3. The topological polar surface area (TPSA) is 62.3 Å². The van der Waals surface area contributed by atoms with Crippen molar-refractivity contribution in [1.82, 2.24) is 9.88 Å². The first-order valence-electron chi connectivity index (χ1n) is 9.48. The van der Waals surface area contributed by atoms with E-state index in [-0.39, 0.29) is 23.7 Å². The quantitative estimate of drug-likeness (QED) is 0.729. The van der Waals surface area contributed by atoms with Gasteiger partial charge in [-0.05, 0) is 55.0 Å². The number of likely N-dealkylation sites (tertiary alicyclic amines) is 1. The molecule has 2 aromatic rings. The zero-order valence-electron chi connectivity index (χ0n) is 15.3. The van der Waals surface area contributed by atoms with Gasteiger partial charge >= 0.3 is 0 Å². The van der Waals surface area contributed by atoms with Crippen molar-refractivity contribution in [2.24, 2.45) is 11.8 Å². The maximum Gasteiger partial charge on any atom is 0.228 e. The van der Waals surface area contributed by atoms with Gasteiger partial charge in [0.05, 0.1) is 5.02 Å². The van der Waals surface area contributed by atoms with E-state index in [1.807, 2.05) is 17.0 Å². The van der Waals surface area contributed by atoms with Crippen LogP contribution in [-0.4, -0.2) is 34.8 Å². The Hall–Kier alpha value is -1.92. The van der Waals surface area contributed by atoms with Crippen LogP contribution in [0.1, 0.15) is 30.7 Å². The predicted molar refractivity (Wildman–Crippen MR) is 112 cm³/mol. The van der Waals surface area contributed by atoms with E-state index in [1.54, 1.807) is 12.1 Å². The second kappa shape index (κ2) is 8.21. The Morgan fingerprint density at radius 3 is 2.46 bits per heavy atom. The van der Waals surface area contributed by atoms with Gasteiger partial charge in [-0.1, -0.05) is 39.7 Å². The van der Waals surface area contributed by atoms with Crippen LogP contribution in [0.3, 0.4) is 0 Å². The lowest BCUT2D eigenvalue weighted by atomic mass is 9.95. The zero-order chi connectivity index (χ0) is 19.7. The molecule has 28 heavy (non-hydrogen) atoms. The van der Waals surface area contributed by atoms with Crippen molar-refractivity contribution in [3.05, 3.63) is 57.7 Å². The highest BCUT2D eigenvalue weighted by molar-refractivity contribution is 9.10. The third kappa shape index (κ3) is 4.39. The highest BCUT2D eigenvalue weighted by Gasteiger charge is 2.46. The molecule has 1 N–H and O–H groups in total. The lowest BCUT2D eigenvalue weighted by molar-refractivity contribution is -0.135. The highest BCUT2D eigenvalue weighted by atomic mass is 79.9. The number of carbonyl (C=O) groups excluding carboxylic acids is 2. The van der Waals surface area contributed by atoms with E-state index in [0.717, 1.165) is 10.9 Å². The molecule has 2 fully saturated rings. The number of nitrogens with zero attached hydrogens (tertiary/aromatic N) is 2. The van der Waals surface area contributed by atoms with Gasteiger partial charge in [0.25, 0.3) is 0 Å². The van der Waals surface area contributed by atoms with Crippen molar-refractivity contribution in [2.45, 2.75) is 25.2 Å². The first kappa shape index (κ1) is 19.4. The van der Waals surface area contributed by atoms with Gasteiger partial charge in [0.2, 0.25) is 11.8 Å². The summed E-state index contributed by atoms with van der Waals surface area (Å²) in [5, 5.41) is 3.37. The summed E-state index contributed by atoms with van der Waals surface area (Å²) in [6, 6.07) is 11.6. The minimum absolute atomic E-state index is 0.0407. The Kier molecular flexibility index (Phi) is 5.69. The number of amides is 2. The SMILES string of the molecule is O=C(Nc1ccc(Cl)cn1)C1CCN(C(=O)C2CC2c2ccc(Br)cc2)CC1. The number of rotatable bonds is 4. The number of anilines is 1. The number of halogens is 2. The van der Waals surface area contributed by atoms with Crippen LogP contribution in [0.4, 0.5) is 5.82 Å². The fourth-order valence-corrected chi connectivity index (χ4v) is 4.20. The third-order valence-electron chi connectivity index (χ3n) is 5.56. The smallest absolute Gasteiger partial charge is 0.228 e. The Morgan fingerprint density at radius 2 is 1.82 bits per heavy atom. The molecule has 2 amide bonds. The molecular weight excluding hydrogens is 442 g/mol. The Bertz CT molecular complexity index is 864. The molecule has 4 rings (SSSR count). The second-order valence-electron chi connectivity index (χ2n) is 7.45. The van der Waals surface area contributed by atoms with Crippen molar-refractivity contribution < 1.29 is 9.59 Å². The number of nitrogens with one attached hydrogen (secondary N) is 1. The van der Waals surface area contributed by atoms with Crippen molar-refractivity contribution in [2.75, 3.05) is 18.4 Å². The van der Waals surface area contributed by atoms with Gasteiger partial charge in [-0.3, -0.25) is 9.59 Å². The minimum atomic E-state index is -0.0944. The van der Waals surface area contributed by atoms with E-state index in [2.05, 4.69) is 38.4 Å². The third-order valence-corrected chi connectivity index (χ3v) is 6.31. The van der Waals surface area contributed by atoms with E-state index in [4.69, 9.17) is 11.6 Å². The van der Waals surface area contributed by atoms with E-state index >= 15 is 0 Å². The van der Waals surface area contributed by atoms with E-state index in [9.17, 15) is 9.59 Å². The average molecular weight is 463 g/mol. The monoisotopic (exact) mass is 461 g/mol. The molecule has 1 saturated carbocycles. The summed E-state index contributed by atoms with van der Waals surface area (Å²) in [4.78, 5) is 31.3. The molecule has 1 aliphatic heterocycles. The summed E-state index contributed by atoms with van der Waals surface area (Å²) in [6.45, 7) is 1.27. The lowest BCUT2D eigenvalue weighted by Gasteiger charge is -2.31. The highest BCUT2D eigenvalue weighted by Crippen LogP contribution is 2.48. The number of pyridine rings is 1. The van der Waals surface area contributed by atoms with Gasteiger partial charge in [-0.2, -0.15) is 0 Å². The molecule has 1 aromatic carbocycles. The Balaban J connectivity index is 1.27. The minimum Gasteiger partial charge on any atom is -0.342 e. The number of aromatic nitrogens is 1. The van der Waals surface area contributed by atoms with E-state index in [0.29, 0.717) is 42.7 Å². The van der Waals surface area contributed by atoms with Gasteiger partial charge < -0.3 is 10.2 Å². The summed E-state index contributed by atoms with van der Waals surface area (Å²) >= 11 is 9.26.